The van der Waals surface area contributed by atoms with Gasteiger partial charge in [-0.3, -0.25) is 4.90 Å². The highest BCUT2D eigenvalue weighted by Gasteiger charge is 2.13. The monoisotopic (exact) mass is 282 g/mol. The fourth-order valence-electron chi connectivity index (χ4n) is 2.32. The first-order valence-corrected chi connectivity index (χ1v) is 7.37. The molecule has 1 aromatic rings. The van der Waals surface area contributed by atoms with Crippen LogP contribution in [0.3, 0.4) is 0 Å². The standard InChI is InChI=1S/C15H23ClN2O/c1-18(12-13-2-4-14(16)5-3-13)10-11-19-15-6-8-17-9-7-15/h2-5,15,17H,6-12H2,1H3. The molecule has 2 rings (SSSR count). The third-order valence-electron chi connectivity index (χ3n) is 3.48. The Morgan fingerprint density at radius 2 is 1.95 bits per heavy atom. The molecule has 0 unspecified atom stereocenters. The molecule has 0 radical (unpaired) electrons. The van der Waals surface area contributed by atoms with Gasteiger partial charge in [0.15, 0.2) is 0 Å². The number of nitrogens with one attached hydrogen (secondary N) is 1. The van der Waals surface area contributed by atoms with Crippen molar-refractivity contribution in [2.45, 2.75) is 25.5 Å². The Labute approximate surface area is 120 Å². The maximum atomic E-state index is 5.91. The van der Waals surface area contributed by atoms with Crippen molar-refractivity contribution in [3.05, 3.63) is 34.9 Å². The summed E-state index contributed by atoms with van der Waals surface area (Å²) in [6.07, 6.45) is 2.73. The van der Waals surface area contributed by atoms with E-state index in [2.05, 4.69) is 29.4 Å². The predicted octanol–water partition coefficient (Wildman–Crippen LogP) is 2.54. The van der Waals surface area contributed by atoms with E-state index in [0.717, 1.165) is 50.7 Å². The number of nitrogens with zero attached hydrogens (tertiary/aromatic N) is 1. The molecule has 1 aliphatic heterocycles. The van der Waals surface area contributed by atoms with Crippen molar-refractivity contribution in [1.29, 1.82) is 0 Å². The zero-order valence-corrected chi connectivity index (χ0v) is 12.3. The Morgan fingerprint density at radius 3 is 2.63 bits per heavy atom. The molecule has 1 heterocycles. The molecule has 106 valence electrons. The minimum Gasteiger partial charge on any atom is -0.377 e. The lowest BCUT2D eigenvalue weighted by Gasteiger charge is -2.24. The van der Waals surface area contributed by atoms with Crippen LogP contribution in [-0.4, -0.2) is 44.3 Å². The molecular weight excluding hydrogens is 260 g/mol. The van der Waals surface area contributed by atoms with E-state index in [1.807, 2.05) is 12.1 Å². The molecule has 3 nitrogen and oxygen atoms in total. The minimum absolute atomic E-state index is 0.449. The average molecular weight is 283 g/mol. The van der Waals surface area contributed by atoms with E-state index in [0.29, 0.717) is 6.10 Å². The number of piperidine rings is 1. The first-order chi connectivity index (χ1) is 9.24. The highest BCUT2D eigenvalue weighted by molar-refractivity contribution is 6.30. The SMILES string of the molecule is CN(CCOC1CCNCC1)Cc1ccc(Cl)cc1. The van der Waals surface area contributed by atoms with E-state index in [9.17, 15) is 0 Å². The van der Waals surface area contributed by atoms with Gasteiger partial charge in [-0.2, -0.15) is 0 Å². The molecular formula is C15H23ClN2O. The van der Waals surface area contributed by atoms with Crippen LogP contribution in [0.5, 0.6) is 0 Å². The number of likely N-dealkylation sites (N-methyl/N-ethyl adjacent to an activating group) is 1. The average Bonchev–Trinajstić information content (AvgIpc) is 2.43. The Bertz CT molecular complexity index is 363. The van der Waals surface area contributed by atoms with Crippen LogP contribution in [0.15, 0.2) is 24.3 Å². The van der Waals surface area contributed by atoms with Gasteiger partial charge in [0.05, 0.1) is 12.7 Å². The summed E-state index contributed by atoms with van der Waals surface area (Å²) in [5.74, 6) is 0. The third kappa shape index (κ3) is 5.49. The summed E-state index contributed by atoms with van der Waals surface area (Å²) in [5.41, 5.74) is 1.29. The summed E-state index contributed by atoms with van der Waals surface area (Å²) in [7, 11) is 2.13. The Morgan fingerprint density at radius 1 is 1.26 bits per heavy atom. The molecule has 0 aliphatic carbocycles. The molecule has 1 aromatic carbocycles. The maximum absolute atomic E-state index is 5.91. The van der Waals surface area contributed by atoms with Crippen molar-refractivity contribution in [3.8, 4) is 0 Å². The fourth-order valence-corrected chi connectivity index (χ4v) is 2.44. The zero-order chi connectivity index (χ0) is 13.5. The molecule has 0 aromatic heterocycles. The normalized spacial score (nSPS) is 17.0. The first-order valence-electron chi connectivity index (χ1n) is 6.99. The van der Waals surface area contributed by atoms with Gasteiger partial charge in [-0.1, -0.05) is 23.7 Å². The lowest BCUT2D eigenvalue weighted by atomic mass is 10.1. The molecule has 0 bridgehead atoms. The van der Waals surface area contributed by atoms with Gasteiger partial charge < -0.3 is 10.1 Å². The van der Waals surface area contributed by atoms with Gasteiger partial charge in [-0.15, -0.1) is 0 Å². The van der Waals surface area contributed by atoms with Gasteiger partial charge in [0.1, 0.15) is 0 Å². The van der Waals surface area contributed by atoms with E-state index in [1.165, 1.54) is 5.56 Å². The number of ether oxygens (including phenoxy) is 1. The van der Waals surface area contributed by atoms with Crippen molar-refractivity contribution in [3.63, 3.8) is 0 Å². The van der Waals surface area contributed by atoms with Crippen LogP contribution in [0, 0.1) is 0 Å². The number of halogens is 1. The molecule has 0 spiro atoms. The van der Waals surface area contributed by atoms with E-state index in [4.69, 9.17) is 16.3 Å². The van der Waals surface area contributed by atoms with Crippen molar-refractivity contribution in [2.24, 2.45) is 0 Å². The topological polar surface area (TPSA) is 24.5 Å². The van der Waals surface area contributed by atoms with Gasteiger partial charge in [-0.05, 0) is 50.7 Å². The fraction of sp³-hybridized carbons (Fsp3) is 0.600. The number of benzene rings is 1. The smallest absolute Gasteiger partial charge is 0.0600 e. The summed E-state index contributed by atoms with van der Waals surface area (Å²) in [5, 5.41) is 4.14. The van der Waals surface area contributed by atoms with Crippen LogP contribution in [-0.2, 0) is 11.3 Å². The largest absolute Gasteiger partial charge is 0.377 e. The number of hydrogen-bond acceptors (Lipinski definition) is 3. The minimum atomic E-state index is 0.449. The summed E-state index contributed by atoms with van der Waals surface area (Å²) in [6, 6.07) is 8.03. The van der Waals surface area contributed by atoms with Crippen LogP contribution < -0.4 is 5.32 Å². The van der Waals surface area contributed by atoms with E-state index in [1.54, 1.807) is 0 Å². The molecule has 0 amide bonds. The predicted molar refractivity (Wildman–Crippen MR) is 79.6 cm³/mol. The molecule has 1 N–H and O–H groups in total. The lowest BCUT2D eigenvalue weighted by Crippen LogP contribution is -2.34. The van der Waals surface area contributed by atoms with Crippen molar-refractivity contribution >= 4 is 11.6 Å². The maximum Gasteiger partial charge on any atom is 0.0600 e. The van der Waals surface area contributed by atoms with Gasteiger partial charge in [0.25, 0.3) is 0 Å². The summed E-state index contributed by atoms with van der Waals surface area (Å²) in [6.45, 7) is 4.89. The molecule has 0 saturated carbocycles. The second kappa shape index (κ2) is 7.85. The third-order valence-corrected chi connectivity index (χ3v) is 3.73. The van der Waals surface area contributed by atoms with Crippen LogP contribution >= 0.6 is 11.6 Å². The van der Waals surface area contributed by atoms with Crippen molar-refractivity contribution in [2.75, 3.05) is 33.3 Å². The van der Waals surface area contributed by atoms with Crippen molar-refractivity contribution < 1.29 is 4.74 Å². The summed E-state index contributed by atoms with van der Waals surface area (Å²) >= 11 is 5.88. The van der Waals surface area contributed by atoms with Gasteiger partial charge in [0.2, 0.25) is 0 Å². The number of hydrogen-bond donors (Lipinski definition) is 1. The first kappa shape index (κ1) is 14.8. The van der Waals surface area contributed by atoms with Crippen LogP contribution in [0.1, 0.15) is 18.4 Å². The van der Waals surface area contributed by atoms with Crippen molar-refractivity contribution in [1.82, 2.24) is 10.2 Å². The van der Waals surface area contributed by atoms with E-state index >= 15 is 0 Å². The van der Waals surface area contributed by atoms with Gasteiger partial charge in [-0.25, -0.2) is 0 Å². The van der Waals surface area contributed by atoms with E-state index < -0.39 is 0 Å². The highest BCUT2D eigenvalue weighted by atomic mass is 35.5. The molecule has 1 saturated heterocycles. The molecule has 4 heteroatoms. The Balaban J connectivity index is 1.63. The Kier molecular flexibility index (Phi) is 6.11. The van der Waals surface area contributed by atoms with Gasteiger partial charge in [0, 0.05) is 18.1 Å². The van der Waals surface area contributed by atoms with E-state index in [-0.39, 0.29) is 0 Å². The highest BCUT2D eigenvalue weighted by Crippen LogP contribution is 2.11. The second-order valence-electron chi connectivity index (χ2n) is 5.18. The van der Waals surface area contributed by atoms with Crippen LogP contribution in [0.4, 0.5) is 0 Å². The van der Waals surface area contributed by atoms with Crippen LogP contribution in [0.25, 0.3) is 0 Å². The summed E-state index contributed by atoms with van der Waals surface area (Å²) < 4.78 is 5.91. The molecule has 19 heavy (non-hydrogen) atoms. The quantitative estimate of drug-likeness (QED) is 0.868. The van der Waals surface area contributed by atoms with Gasteiger partial charge >= 0.3 is 0 Å². The number of rotatable bonds is 6. The molecule has 1 aliphatic rings. The van der Waals surface area contributed by atoms with Crippen LogP contribution in [0.2, 0.25) is 5.02 Å². The second-order valence-corrected chi connectivity index (χ2v) is 5.62. The Hall–Kier alpha value is -0.610. The summed E-state index contributed by atoms with van der Waals surface area (Å²) in [4.78, 5) is 2.28. The zero-order valence-electron chi connectivity index (χ0n) is 11.6. The molecule has 0 atom stereocenters. The lowest BCUT2D eigenvalue weighted by molar-refractivity contribution is 0.0224. The molecule has 1 fully saturated rings.